The smallest absolute Gasteiger partial charge is 0.301 e. The van der Waals surface area contributed by atoms with Gasteiger partial charge in [0, 0.05) is 21.4 Å². The van der Waals surface area contributed by atoms with Crippen molar-refractivity contribution in [3.63, 3.8) is 0 Å². The summed E-state index contributed by atoms with van der Waals surface area (Å²) >= 11 is 14.7. The van der Waals surface area contributed by atoms with Crippen LogP contribution in [0, 0.1) is 0 Å². The minimum Gasteiger partial charge on any atom is -0.507 e. The molecule has 1 aromatic heterocycles. The number of Topliss-reactive ketones (excluding diaryl/α,β-unsaturated/α-hetero) is 1. The second-order valence-electron chi connectivity index (χ2n) is 10.4. The number of carbonyl (C=O) groups excluding carboxylic acids is 2. The average molecular weight is 705 g/mol. The van der Waals surface area contributed by atoms with Crippen molar-refractivity contribution in [2.24, 2.45) is 0 Å². The van der Waals surface area contributed by atoms with Crippen molar-refractivity contribution in [2.75, 3.05) is 11.5 Å². The number of rotatable bonds is 11. The van der Waals surface area contributed by atoms with Gasteiger partial charge in [0.15, 0.2) is 15.8 Å². The Kier molecular flexibility index (Phi) is 10.1. The molecule has 1 aliphatic rings. The van der Waals surface area contributed by atoms with Gasteiger partial charge in [-0.3, -0.25) is 14.5 Å². The second kappa shape index (κ2) is 14.6. The van der Waals surface area contributed by atoms with Crippen LogP contribution in [0.15, 0.2) is 107 Å². The summed E-state index contributed by atoms with van der Waals surface area (Å²) in [5.41, 5.74) is 2.78. The lowest BCUT2D eigenvalue weighted by Crippen LogP contribution is -2.29. The number of ether oxygens (including phenoxy) is 2. The van der Waals surface area contributed by atoms with E-state index in [4.69, 9.17) is 32.7 Å². The number of nitrogens with zero attached hydrogens (tertiary/aromatic N) is 3. The number of aliphatic hydroxyl groups excluding tert-OH is 1. The highest BCUT2D eigenvalue weighted by Crippen LogP contribution is 2.46. The van der Waals surface area contributed by atoms with Crippen molar-refractivity contribution in [2.45, 2.75) is 29.7 Å². The minimum atomic E-state index is -1.03. The summed E-state index contributed by atoms with van der Waals surface area (Å²) in [6.07, 6.45) is 0. The molecule has 2 heterocycles. The van der Waals surface area contributed by atoms with Gasteiger partial charge in [0.2, 0.25) is 5.13 Å². The van der Waals surface area contributed by atoms with Crippen LogP contribution in [0.2, 0.25) is 10.0 Å². The van der Waals surface area contributed by atoms with Crippen molar-refractivity contribution >= 4 is 68.9 Å². The van der Waals surface area contributed by atoms with E-state index in [9.17, 15) is 14.7 Å². The minimum absolute atomic E-state index is 0.0942. The third kappa shape index (κ3) is 7.31. The van der Waals surface area contributed by atoms with E-state index in [1.165, 1.54) is 28.0 Å². The number of aliphatic hydroxyl groups is 1. The molecule has 0 bridgehead atoms. The topological polar surface area (TPSA) is 102 Å². The first-order chi connectivity index (χ1) is 22.8. The van der Waals surface area contributed by atoms with Crippen molar-refractivity contribution < 1.29 is 24.2 Å². The molecule has 1 aliphatic heterocycles. The van der Waals surface area contributed by atoms with Crippen molar-refractivity contribution in [1.29, 1.82) is 0 Å². The number of hydrogen-bond acceptors (Lipinski definition) is 9. The molecule has 4 aromatic carbocycles. The number of ketones is 1. The number of anilines is 1. The summed E-state index contributed by atoms with van der Waals surface area (Å²) in [5, 5.41) is 21.4. The number of benzene rings is 4. The third-order valence-corrected chi connectivity index (χ3v) is 9.89. The van der Waals surface area contributed by atoms with Crippen LogP contribution in [-0.4, -0.2) is 33.6 Å². The monoisotopic (exact) mass is 703 g/mol. The average Bonchev–Trinajstić information content (AvgIpc) is 3.66. The van der Waals surface area contributed by atoms with E-state index in [-0.39, 0.29) is 16.5 Å². The Bertz CT molecular complexity index is 1930. The van der Waals surface area contributed by atoms with Gasteiger partial charge in [-0.25, -0.2) is 0 Å². The summed E-state index contributed by atoms with van der Waals surface area (Å²) in [6.45, 7) is 2.52. The lowest BCUT2D eigenvalue weighted by atomic mass is 9.95. The SMILES string of the molecule is CCOc1cc(C2C(=C(O)c3ccc(Cl)cc3)C(=O)C(=O)N2c2nnc(SCc3ccc(Cl)cc3)s2)ccc1OCc1ccccc1. The van der Waals surface area contributed by atoms with E-state index in [2.05, 4.69) is 10.2 Å². The van der Waals surface area contributed by atoms with Gasteiger partial charge in [-0.15, -0.1) is 10.2 Å². The Balaban J connectivity index is 1.39. The summed E-state index contributed by atoms with van der Waals surface area (Å²) in [5.74, 6) is -0.502. The summed E-state index contributed by atoms with van der Waals surface area (Å²) < 4.78 is 12.7. The van der Waals surface area contributed by atoms with Gasteiger partial charge < -0.3 is 14.6 Å². The highest BCUT2D eigenvalue weighted by atomic mass is 35.5. The molecule has 0 radical (unpaired) electrons. The molecule has 0 aliphatic carbocycles. The Labute approximate surface area is 289 Å². The normalized spacial score (nSPS) is 15.6. The van der Waals surface area contributed by atoms with E-state index < -0.39 is 17.7 Å². The number of halogens is 2. The van der Waals surface area contributed by atoms with Gasteiger partial charge in [-0.1, -0.05) is 94.8 Å². The molecule has 1 fully saturated rings. The second-order valence-corrected chi connectivity index (χ2v) is 13.4. The van der Waals surface area contributed by atoms with E-state index in [1.54, 1.807) is 42.5 Å². The van der Waals surface area contributed by atoms with E-state index in [1.807, 2.05) is 61.5 Å². The highest BCUT2D eigenvalue weighted by Gasteiger charge is 2.48. The molecular formula is C35H27Cl2N3O5S2. The summed E-state index contributed by atoms with van der Waals surface area (Å²) in [4.78, 5) is 28.7. The van der Waals surface area contributed by atoms with Gasteiger partial charge in [0.05, 0.1) is 18.2 Å². The molecule has 1 N–H and O–H groups in total. The van der Waals surface area contributed by atoms with E-state index >= 15 is 0 Å². The summed E-state index contributed by atoms with van der Waals surface area (Å²) in [6, 6.07) is 27.8. The Morgan fingerprint density at radius 2 is 1.57 bits per heavy atom. The fourth-order valence-corrected chi connectivity index (χ4v) is 7.09. The molecule has 5 aromatic rings. The molecule has 8 nitrogen and oxygen atoms in total. The maximum Gasteiger partial charge on any atom is 0.301 e. The fourth-order valence-electron chi connectivity index (χ4n) is 5.01. The van der Waals surface area contributed by atoms with Crippen LogP contribution in [0.3, 0.4) is 0 Å². The molecule has 238 valence electrons. The number of thioether (sulfide) groups is 1. The van der Waals surface area contributed by atoms with Crippen molar-refractivity contribution in [3.8, 4) is 11.5 Å². The van der Waals surface area contributed by atoms with E-state index in [0.29, 0.717) is 56.0 Å². The van der Waals surface area contributed by atoms with Crippen LogP contribution in [-0.2, 0) is 21.9 Å². The number of carbonyl (C=O) groups is 2. The zero-order valence-corrected chi connectivity index (χ0v) is 28.1. The lowest BCUT2D eigenvalue weighted by molar-refractivity contribution is -0.132. The summed E-state index contributed by atoms with van der Waals surface area (Å²) in [7, 11) is 0. The van der Waals surface area contributed by atoms with Crippen LogP contribution in [0.1, 0.15) is 35.2 Å². The molecule has 6 rings (SSSR count). The Morgan fingerprint density at radius 3 is 2.28 bits per heavy atom. The van der Waals surface area contributed by atoms with E-state index in [0.717, 1.165) is 11.1 Å². The maximum atomic E-state index is 13.7. The first-order valence-electron chi connectivity index (χ1n) is 14.5. The quantitative estimate of drug-likeness (QED) is 0.0479. The Hall–Kier alpha value is -4.35. The first-order valence-corrected chi connectivity index (χ1v) is 17.1. The Morgan fingerprint density at radius 1 is 0.872 bits per heavy atom. The van der Waals surface area contributed by atoms with Gasteiger partial charge in [0.1, 0.15) is 12.4 Å². The van der Waals surface area contributed by atoms with Crippen LogP contribution >= 0.6 is 46.3 Å². The predicted molar refractivity (Wildman–Crippen MR) is 186 cm³/mol. The van der Waals surface area contributed by atoms with Gasteiger partial charge >= 0.3 is 5.91 Å². The van der Waals surface area contributed by atoms with Gasteiger partial charge in [0.25, 0.3) is 5.78 Å². The molecule has 1 unspecified atom stereocenters. The molecule has 0 spiro atoms. The lowest BCUT2D eigenvalue weighted by Gasteiger charge is -2.23. The molecule has 1 amide bonds. The number of hydrogen-bond donors (Lipinski definition) is 1. The van der Waals surface area contributed by atoms with Crippen LogP contribution in [0.25, 0.3) is 5.76 Å². The predicted octanol–water partition coefficient (Wildman–Crippen LogP) is 8.74. The number of amides is 1. The number of aromatic nitrogens is 2. The van der Waals surface area contributed by atoms with Gasteiger partial charge in [-0.05, 0) is 72.1 Å². The molecule has 12 heteroatoms. The molecule has 0 saturated carbocycles. The molecule has 1 atom stereocenters. The van der Waals surface area contributed by atoms with Crippen LogP contribution in [0.4, 0.5) is 5.13 Å². The molecular weight excluding hydrogens is 677 g/mol. The molecule has 47 heavy (non-hydrogen) atoms. The van der Waals surface area contributed by atoms with Crippen molar-refractivity contribution in [1.82, 2.24) is 10.2 Å². The van der Waals surface area contributed by atoms with Crippen molar-refractivity contribution in [3.05, 3.63) is 135 Å². The third-order valence-electron chi connectivity index (χ3n) is 7.26. The molecule has 1 saturated heterocycles. The maximum absolute atomic E-state index is 13.7. The highest BCUT2D eigenvalue weighted by molar-refractivity contribution is 8.00. The van der Waals surface area contributed by atoms with Crippen LogP contribution in [0.5, 0.6) is 11.5 Å². The zero-order chi connectivity index (χ0) is 32.9. The standard InChI is InChI=1S/C35H27Cl2N3O5S2/c1-2-44-28-18-24(12-17-27(28)45-19-21-6-4-3-5-7-21)30-29(31(41)23-10-15-26(37)16-11-23)32(42)33(43)40(30)34-38-39-35(47-34)46-20-22-8-13-25(36)14-9-22/h3-18,30,41H,2,19-20H2,1H3. The van der Waals surface area contributed by atoms with Gasteiger partial charge in [-0.2, -0.15) is 0 Å². The van der Waals surface area contributed by atoms with Crippen LogP contribution < -0.4 is 14.4 Å². The fraction of sp³-hybridized carbons (Fsp3) is 0.143. The zero-order valence-electron chi connectivity index (χ0n) is 24.9. The first kappa shape index (κ1) is 32.6. The largest absolute Gasteiger partial charge is 0.507 e.